The number of anilines is 1. The molecule has 2 heterocycles. The molecule has 1 N–H and O–H groups in total. The third-order valence-corrected chi connectivity index (χ3v) is 2.93. The molecule has 2 rings (SSSR count). The molecule has 0 saturated heterocycles. The summed E-state index contributed by atoms with van der Waals surface area (Å²) in [7, 11) is 0. The van der Waals surface area contributed by atoms with Crippen molar-refractivity contribution >= 4 is 23.2 Å². The predicted molar refractivity (Wildman–Crippen MR) is 63.3 cm³/mol. The van der Waals surface area contributed by atoms with Crippen LogP contribution in [0, 0.1) is 0 Å². The summed E-state index contributed by atoms with van der Waals surface area (Å²) in [5.41, 5.74) is 0. The molecule has 16 heavy (non-hydrogen) atoms. The first-order valence-electron chi connectivity index (χ1n) is 4.94. The molecule has 82 valence electrons. The van der Waals surface area contributed by atoms with Crippen molar-refractivity contribution in [2.24, 2.45) is 0 Å². The van der Waals surface area contributed by atoms with Crippen LogP contribution in [0.4, 0.5) is 5.95 Å². The molecule has 4 nitrogen and oxygen atoms in total. The van der Waals surface area contributed by atoms with Crippen molar-refractivity contribution < 1.29 is 4.79 Å². The van der Waals surface area contributed by atoms with E-state index >= 15 is 0 Å². The summed E-state index contributed by atoms with van der Waals surface area (Å²) in [4.78, 5) is 20.6. The highest BCUT2D eigenvalue weighted by atomic mass is 32.1. The molecular weight excluding hydrogens is 222 g/mol. The lowest BCUT2D eigenvalue weighted by Crippen LogP contribution is -2.14. The molecule has 0 atom stereocenters. The van der Waals surface area contributed by atoms with Crippen molar-refractivity contribution in [3.8, 4) is 0 Å². The van der Waals surface area contributed by atoms with E-state index in [1.165, 1.54) is 4.88 Å². The van der Waals surface area contributed by atoms with Crippen LogP contribution in [0.2, 0.25) is 0 Å². The number of carbonyl (C=O) groups excluding carboxylic acids is 1. The number of amides is 1. The van der Waals surface area contributed by atoms with Gasteiger partial charge in [-0.3, -0.25) is 10.1 Å². The second-order valence-corrected chi connectivity index (χ2v) is 4.23. The minimum atomic E-state index is -0.0559. The third kappa shape index (κ3) is 3.13. The quantitative estimate of drug-likeness (QED) is 0.880. The molecule has 0 aromatic carbocycles. The van der Waals surface area contributed by atoms with Gasteiger partial charge in [0.05, 0.1) is 0 Å². The summed E-state index contributed by atoms with van der Waals surface area (Å²) in [5.74, 6) is 0.304. The Morgan fingerprint density at radius 3 is 2.81 bits per heavy atom. The summed E-state index contributed by atoms with van der Waals surface area (Å²) in [6.45, 7) is 0. The Balaban J connectivity index is 1.81. The predicted octanol–water partition coefficient (Wildman–Crippen LogP) is 2.11. The molecule has 5 heteroatoms. The van der Waals surface area contributed by atoms with Gasteiger partial charge in [0.1, 0.15) is 0 Å². The molecule has 0 fully saturated rings. The Hall–Kier alpha value is -1.75. The van der Waals surface area contributed by atoms with E-state index in [0.717, 1.165) is 6.42 Å². The van der Waals surface area contributed by atoms with Crippen molar-refractivity contribution in [1.82, 2.24) is 9.97 Å². The number of hydrogen-bond acceptors (Lipinski definition) is 4. The molecule has 0 radical (unpaired) electrons. The van der Waals surface area contributed by atoms with Crippen LogP contribution in [0.1, 0.15) is 11.3 Å². The van der Waals surface area contributed by atoms with E-state index in [0.29, 0.717) is 12.4 Å². The van der Waals surface area contributed by atoms with Gasteiger partial charge in [0.15, 0.2) is 0 Å². The average Bonchev–Trinajstić information content (AvgIpc) is 2.81. The number of hydrogen-bond donors (Lipinski definition) is 1. The van der Waals surface area contributed by atoms with Crippen molar-refractivity contribution in [1.29, 1.82) is 0 Å². The zero-order chi connectivity index (χ0) is 11.2. The van der Waals surface area contributed by atoms with Crippen LogP contribution in [-0.4, -0.2) is 15.9 Å². The maximum atomic E-state index is 11.5. The lowest BCUT2D eigenvalue weighted by atomic mass is 10.2. The molecular formula is C11H11N3OS. The first-order chi connectivity index (χ1) is 7.84. The van der Waals surface area contributed by atoms with E-state index in [9.17, 15) is 4.79 Å². The van der Waals surface area contributed by atoms with Crippen LogP contribution in [0.15, 0.2) is 36.0 Å². The zero-order valence-electron chi connectivity index (χ0n) is 8.59. The summed E-state index contributed by atoms with van der Waals surface area (Å²) >= 11 is 1.66. The number of rotatable bonds is 4. The van der Waals surface area contributed by atoms with Crippen molar-refractivity contribution in [3.63, 3.8) is 0 Å². The third-order valence-electron chi connectivity index (χ3n) is 2.00. The number of aromatic nitrogens is 2. The fourth-order valence-corrected chi connectivity index (χ4v) is 1.95. The Morgan fingerprint density at radius 1 is 1.31 bits per heavy atom. The van der Waals surface area contributed by atoms with Crippen LogP contribution in [0.5, 0.6) is 0 Å². The summed E-state index contributed by atoms with van der Waals surface area (Å²) in [5, 5.41) is 4.66. The van der Waals surface area contributed by atoms with Crippen LogP contribution in [0.3, 0.4) is 0 Å². The molecule has 2 aromatic heterocycles. The molecule has 0 aliphatic heterocycles. The van der Waals surface area contributed by atoms with Gasteiger partial charge in [0, 0.05) is 23.7 Å². The number of nitrogens with one attached hydrogen (secondary N) is 1. The number of carbonyl (C=O) groups is 1. The summed E-state index contributed by atoms with van der Waals surface area (Å²) < 4.78 is 0. The molecule has 0 bridgehead atoms. The minimum Gasteiger partial charge on any atom is -0.295 e. The van der Waals surface area contributed by atoms with Gasteiger partial charge in [-0.2, -0.15) is 0 Å². The van der Waals surface area contributed by atoms with Crippen molar-refractivity contribution in [3.05, 3.63) is 40.8 Å². The van der Waals surface area contributed by atoms with Gasteiger partial charge in [0.25, 0.3) is 0 Å². The van der Waals surface area contributed by atoms with E-state index in [1.807, 2.05) is 17.5 Å². The lowest BCUT2D eigenvalue weighted by Gasteiger charge is -2.01. The Kier molecular flexibility index (Phi) is 3.61. The topological polar surface area (TPSA) is 54.9 Å². The van der Waals surface area contributed by atoms with Crippen LogP contribution in [0.25, 0.3) is 0 Å². The van der Waals surface area contributed by atoms with Gasteiger partial charge in [-0.05, 0) is 23.9 Å². The van der Waals surface area contributed by atoms with Gasteiger partial charge in [-0.25, -0.2) is 9.97 Å². The van der Waals surface area contributed by atoms with E-state index in [1.54, 1.807) is 29.8 Å². The van der Waals surface area contributed by atoms with E-state index in [4.69, 9.17) is 0 Å². The molecule has 0 saturated carbocycles. The number of thiophene rings is 1. The van der Waals surface area contributed by atoms with Crippen molar-refractivity contribution in [2.45, 2.75) is 12.8 Å². The fourth-order valence-electron chi connectivity index (χ4n) is 1.24. The lowest BCUT2D eigenvalue weighted by molar-refractivity contribution is -0.116. The normalized spacial score (nSPS) is 10.0. The van der Waals surface area contributed by atoms with E-state index in [2.05, 4.69) is 15.3 Å². The van der Waals surface area contributed by atoms with Crippen molar-refractivity contribution in [2.75, 3.05) is 5.32 Å². The average molecular weight is 233 g/mol. The molecule has 0 aliphatic rings. The maximum Gasteiger partial charge on any atom is 0.229 e. The van der Waals surface area contributed by atoms with Crippen LogP contribution >= 0.6 is 11.3 Å². The monoisotopic (exact) mass is 233 g/mol. The number of nitrogens with zero attached hydrogens (tertiary/aromatic N) is 2. The highest BCUT2D eigenvalue weighted by Gasteiger charge is 2.04. The van der Waals surface area contributed by atoms with Gasteiger partial charge in [-0.15, -0.1) is 11.3 Å². The smallest absolute Gasteiger partial charge is 0.229 e. The van der Waals surface area contributed by atoms with E-state index in [-0.39, 0.29) is 5.91 Å². The standard InChI is InChI=1S/C11H11N3OS/c15-10(5-4-9-3-1-8-16-9)14-11-12-6-2-7-13-11/h1-3,6-8H,4-5H2,(H,12,13,14,15). The highest BCUT2D eigenvalue weighted by Crippen LogP contribution is 2.11. The zero-order valence-corrected chi connectivity index (χ0v) is 9.41. The first-order valence-corrected chi connectivity index (χ1v) is 5.82. The molecule has 2 aromatic rings. The van der Waals surface area contributed by atoms with Gasteiger partial charge < -0.3 is 0 Å². The summed E-state index contributed by atoms with van der Waals surface area (Å²) in [6, 6.07) is 5.72. The Labute approximate surface area is 97.4 Å². The molecule has 0 unspecified atom stereocenters. The second kappa shape index (κ2) is 5.37. The largest absolute Gasteiger partial charge is 0.295 e. The Morgan fingerprint density at radius 2 is 2.12 bits per heavy atom. The summed E-state index contributed by atoms with van der Waals surface area (Å²) in [6.07, 6.45) is 4.42. The first kappa shape index (κ1) is 10.8. The number of aryl methyl sites for hydroxylation is 1. The van der Waals surface area contributed by atoms with E-state index < -0.39 is 0 Å². The molecule has 1 amide bonds. The SMILES string of the molecule is O=C(CCc1cccs1)Nc1ncccn1. The molecule has 0 aliphatic carbocycles. The maximum absolute atomic E-state index is 11.5. The molecule has 0 spiro atoms. The second-order valence-electron chi connectivity index (χ2n) is 3.20. The van der Waals surface area contributed by atoms with Gasteiger partial charge >= 0.3 is 0 Å². The highest BCUT2D eigenvalue weighted by molar-refractivity contribution is 7.09. The van der Waals surface area contributed by atoms with Crippen LogP contribution < -0.4 is 5.32 Å². The van der Waals surface area contributed by atoms with Gasteiger partial charge in [-0.1, -0.05) is 6.07 Å². The minimum absolute atomic E-state index is 0.0559. The fraction of sp³-hybridized carbons (Fsp3) is 0.182. The van der Waals surface area contributed by atoms with Crippen LogP contribution in [-0.2, 0) is 11.2 Å². The van der Waals surface area contributed by atoms with Gasteiger partial charge in [0.2, 0.25) is 11.9 Å². The Bertz CT molecular complexity index is 442.